The van der Waals surface area contributed by atoms with Gasteiger partial charge < -0.3 is 10.1 Å². The van der Waals surface area contributed by atoms with E-state index in [1.54, 1.807) is 12.3 Å². The topological polar surface area (TPSA) is 51.2 Å². The van der Waals surface area contributed by atoms with E-state index in [9.17, 15) is 4.79 Å². The Morgan fingerprint density at radius 2 is 2.00 bits per heavy atom. The number of hydrogen-bond acceptors (Lipinski definition) is 4. The fraction of sp³-hybridized carbons (Fsp3) is 0.200. The van der Waals surface area contributed by atoms with Gasteiger partial charge in [-0.1, -0.05) is 30.3 Å². The molecule has 1 N–H and O–H groups in total. The van der Waals surface area contributed by atoms with Crippen LogP contribution in [0.2, 0.25) is 0 Å². The van der Waals surface area contributed by atoms with Crippen LogP contribution in [0.3, 0.4) is 0 Å². The van der Waals surface area contributed by atoms with Gasteiger partial charge in [-0.25, -0.2) is 4.98 Å². The molecule has 20 heavy (non-hydrogen) atoms. The number of methoxy groups -OCH3 is 1. The van der Waals surface area contributed by atoms with Crippen LogP contribution in [0.4, 0.5) is 5.69 Å². The van der Waals surface area contributed by atoms with Crippen LogP contribution < -0.4 is 5.32 Å². The predicted octanol–water partition coefficient (Wildman–Crippen LogP) is 3.13. The lowest BCUT2D eigenvalue weighted by Crippen LogP contribution is -2.23. The van der Waals surface area contributed by atoms with Crippen LogP contribution in [0.5, 0.6) is 0 Å². The number of benzene rings is 1. The van der Waals surface area contributed by atoms with Gasteiger partial charge in [-0.3, -0.25) is 4.79 Å². The molecule has 0 fully saturated rings. The van der Waals surface area contributed by atoms with E-state index < -0.39 is 6.10 Å². The molecule has 1 heterocycles. The largest absolute Gasteiger partial charge is 0.367 e. The quantitative estimate of drug-likeness (QED) is 0.859. The van der Waals surface area contributed by atoms with E-state index in [1.165, 1.54) is 18.9 Å². The summed E-state index contributed by atoms with van der Waals surface area (Å²) >= 11 is 1.49. The summed E-state index contributed by atoms with van der Waals surface area (Å²) in [5, 5.41) is 3.64. The van der Waals surface area contributed by atoms with Gasteiger partial charge in [-0.15, -0.1) is 11.8 Å². The Bertz CT molecular complexity index is 575. The van der Waals surface area contributed by atoms with Crippen molar-refractivity contribution in [2.75, 3.05) is 18.7 Å². The first-order chi connectivity index (χ1) is 9.76. The van der Waals surface area contributed by atoms with Crippen LogP contribution >= 0.6 is 11.8 Å². The molecule has 104 valence electrons. The maximum atomic E-state index is 12.3. The molecule has 1 aromatic carbocycles. The Morgan fingerprint density at radius 1 is 1.25 bits per heavy atom. The lowest BCUT2D eigenvalue weighted by Gasteiger charge is -2.16. The van der Waals surface area contributed by atoms with Crippen molar-refractivity contribution in [2.24, 2.45) is 0 Å². The molecule has 2 rings (SSSR count). The Hall–Kier alpha value is -1.85. The van der Waals surface area contributed by atoms with Crippen molar-refractivity contribution in [3.63, 3.8) is 0 Å². The molecule has 1 aromatic heterocycles. The number of amides is 1. The highest BCUT2D eigenvalue weighted by molar-refractivity contribution is 7.98. The second-order valence-electron chi connectivity index (χ2n) is 4.08. The van der Waals surface area contributed by atoms with Gasteiger partial charge in [0.1, 0.15) is 5.03 Å². The molecule has 1 amide bonds. The van der Waals surface area contributed by atoms with Crippen LogP contribution in [-0.4, -0.2) is 24.3 Å². The Labute approximate surface area is 122 Å². The van der Waals surface area contributed by atoms with Crippen LogP contribution in [0.15, 0.2) is 53.7 Å². The predicted molar refractivity (Wildman–Crippen MR) is 80.8 cm³/mol. The van der Waals surface area contributed by atoms with Crippen LogP contribution in [0, 0.1) is 0 Å². The molecule has 2 aromatic rings. The summed E-state index contributed by atoms with van der Waals surface area (Å²) in [4.78, 5) is 16.6. The van der Waals surface area contributed by atoms with E-state index in [1.807, 2.05) is 42.7 Å². The average molecular weight is 288 g/mol. The van der Waals surface area contributed by atoms with Crippen LogP contribution in [0.1, 0.15) is 11.7 Å². The van der Waals surface area contributed by atoms with Gasteiger partial charge in [0.2, 0.25) is 0 Å². The van der Waals surface area contributed by atoms with Gasteiger partial charge >= 0.3 is 0 Å². The second kappa shape index (κ2) is 7.07. The summed E-state index contributed by atoms with van der Waals surface area (Å²) in [5.41, 5.74) is 1.52. The number of anilines is 1. The molecule has 1 atom stereocenters. The molecule has 4 nitrogen and oxygen atoms in total. The zero-order chi connectivity index (χ0) is 14.4. The number of thioether (sulfide) groups is 1. The summed E-state index contributed by atoms with van der Waals surface area (Å²) in [6.07, 6.45) is 2.99. The van der Waals surface area contributed by atoms with Crippen LogP contribution in [0.25, 0.3) is 0 Å². The molecule has 0 radical (unpaired) electrons. The third-order valence-corrected chi connectivity index (χ3v) is 3.51. The Morgan fingerprint density at radius 3 is 2.65 bits per heavy atom. The van der Waals surface area contributed by atoms with E-state index >= 15 is 0 Å². The summed E-state index contributed by atoms with van der Waals surface area (Å²) in [5.74, 6) is -0.206. The highest BCUT2D eigenvalue weighted by Gasteiger charge is 2.20. The fourth-order valence-electron chi connectivity index (χ4n) is 1.87. The fourth-order valence-corrected chi connectivity index (χ4v) is 2.37. The number of ether oxygens (including phenoxy) is 1. The third-order valence-electron chi connectivity index (χ3n) is 2.80. The van der Waals surface area contributed by atoms with Crippen molar-refractivity contribution >= 4 is 23.4 Å². The smallest absolute Gasteiger partial charge is 0.258 e. The molecule has 0 aliphatic heterocycles. The van der Waals surface area contributed by atoms with E-state index in [0.717, 1.165) is 10.6 Å². The van der Waals surface area contributed by atoms with Crippen molar-refractivity contribution < 1.29 is 9.53 Å². The standard InChI is InChI=1S/C15H16N2O2S/c1-19-13(11-7-4-3-5-8-11)14(18)17-12-9-6-10-16-15(12)20-2/h3-10,13H,1-2H3,(H,17,18). The molecule has 0 bridgehead atoms. The summed E-state index contributed by atoms with van der Waals surface area (Å²) in [6.45, 7) is 0. The molecular weight excluding hydrogens is 272 g/mol. The normalized spacial score (nSPS) is 11.9. The highest BCUT2D eigenvalue weighted by Crippen LogP contribution is 2.24. The minimum atomic E-state index is -0.633. The number of rotatable bonds is 5. The van der Waals surface area contributed by atoms with Crippen molar-refractivity contribution in [2.45, 2.75) is 11.1 Å². The van der Waals surface area contributed by atoms with E-state index in [0.29, 0.717) is 5.69 Å². The zero-order valence-corrected chi connectivity index (χ0v) is 12.2. The molecule has 1 unspecified atom stereocenters. The number of nitrogens with zero attached hydrogens (tertiary/aromatic N) is 1. The minimum absolute atomic E-state index is 0.206. The van der Waals surface area contributed by atoms with Gasteiger partial charge in [0.15, 0.2) is 6.10 Å². The third kappa shape index (κ3) is 3.37. The van der Waals surface area contributed by atoms with Gasteiger partial charge in [-0.05, 0) is 24.0 Å². The lowest BCUT2D eigenvalue weighted by atomic mass is 10.1. The van der Waals surface area contributed by atoms with Crippen molar-refractivity contribution in [1.29, 1.82) is 0 Å². The summed E-state index contributed by atoms with van der Waals surface area (Å²) in [6, 6.07) is 13.0. The highest BCUT2D eigenvalue weighted by atomic mass is 32.2. The van der Waals surface area contributed by atoms with Gasteiger partial charge in [0.25, 0.3) is 5.91 Å². The van der Waals surface area contributed by atoms with Crippen molar-refractivity contribution in [3.8, 4) is 0 Å². The number of pyridine rings is 1. The number of carbonyl (C=O) groups is 1. The number of nitrogens with one attached hydrogen (secondary N) is 1. The minimum Gasteiger partial charge on any atom is -0.367 e. The molecule has 0 saturated carbocycles. The molecule has 0 saturated heterocycles. The molecule has 0 aliphatic rings. The molecule has 0 spiro atoms. The lowest BCUT2D eigenvalue weighted by molar-refractivity contribution is -0.126. The zero-order valence-electron chi connectivity index (χ0n) is 11.4. The first-order valence-electron chi connectivity index (χ1n) is 6.14. The number of aromatic nitrogens is 1. The number of carbonyl (C=O) groups excluding carboxylic acids is 1. The van der Waals surface area contributed by atoms with E-state index in [2.05, 4.69) is 10.3 Å². The van der Waals surface area contributed by atoms with E-state index in [-0.39, 0.29) is 5.91 Å². The first-order valence-corrected chi connectivity index (χ1v) is 7.36. The Kier molecular flexibility index (Phi) is 5.15. The van der Waals surface area contributed by atoms with E-state index in [4.69, 9.17) is 4.74 Å². The van der Waals surface area contributed by atoms with Gasteiger partial charge in [0.05, 0.1) is 5.69 Å². The maximum Gasteiger partial charge on any atom is 0.258 e. The monoisotopic (exact) mass is 288 g/mol. The Balaban J connectivity index is 2.18. The van der Waals surface area contributed by atoms with Crippen molar-refractivity contribution in [3.05, 3.63) is 54.2 Å². The summed E-state index contributed by atoms with van der Waals surface area (Å²) in [7, 11) is 1.52. The SMILES string of the molecule is COC(C(=O)Nc1cccnc1SC)c1ccccc1. The second-order valence-corrected chi connectivity index (χ2v) is 4.87. The average Bonchev–Trinajstić information content (AvgIpc) is 2.49. The van der Waals surface area contributed by atoms with Crippen LogP contribution in [-0.2, 0) is 9.53 Å². The van der Waals surface area contributed by atoms with Crippen molar-refractivity contribution in [1.82, 2.24) is 4.98 Å². The first kappa shape index (κ1) is 14.6. The maximum absolute atomic E-state index is 12.3. The van der Waals surface area contributed by atoms with Gasteiger partial charge in [0, 0.05) is 13.3 Å². The molecular formula is C15H16N2O2S. The molecule has 0 aliphatic carbocycles. The molecule has 5 heteroatoms. The number of hydrogen-bond donors (Lipinski definition) is 1. The van der Waals surface area contributed by atoms with Gasteiger partial charge in [-0.2, -0.15) is 0 Å². The summed E-state index contributed by atoms with van der Waals surface area (Å²) < 4.78 is 5.30.